The fourth-order valence-electron chi connectivity index (χ4n) is 2.86. The summed E-state index contributed by atoms with van der Waals surface area (Å²) >= 11 is 0. The first kappa shape index (κ1) is 16.0. The van der Waals surface area contributed by atoms with Crippen molar-refractivity contribution in [3.05, 3.63) is 12.3 Å². The first-order valence-corrected chi connectivity index (χ1v) is 7.66. The smallest absolute Gasteiger partial charge is 0.226 e. The van der Waals surface area contributed by atoms with Crippen LogP contribution in [-0.2, 0) is 4.74 Å². The molecule has 0 spiro atoms. The number of methoxy groups -OCH3 is 1. The quantitative estimate of drug-likeness (QED) is 0.818. The third kappa shape index (κ3) is 4.82. The number of hydrogen-bond acceptors (Lipinski definition) is 6. The van der Waals surface area contributed by atoms with Crippen molar-refractivity contribution >= 4 is 11.8 Å². The second-order valence-electron chi connectivity index (χ2n) is 5.67. The number of anilines is 2. The average Bonchev–Trinajstić information content (AvgIpc) is 2.53. The molecule has 21 heavy (non-hydrogen) atoms. The molecule has 6 heteroatoms. The number of likely N-dealkylation sites (tertiary alicyclic amines) is 1. The predicted octanol–water partition coefficient (Wildman–Crippen LogP) is 1.31. The van der Waals surface area contributed by atoms with Crippen molar-refractivity contribution in [3.8, 4) is 0 Å². The zero-order valence-corrected chi connectivity index (χ0v) is 13.4. The van der Waals surface area contributed by atoms with Gasteiger partial charge in [0, 0.05) is 47.0 Å². The third-order valence-electron chi connectivity index (χ3n) is 3.99. The zero-order valence-electron chi connectivity index (χ0n) is 13.4. The van der Waals surface area contributed by atoms with Crippen molar-refractivity contribution in [3.63, 3.8) is 0 Å². The van der Waals surface area contributed by atoms with E-state index >= 15 is 0 Å². The molecular weight excluding hydrogens is 266 g/mol. The summed E-state index contributed by atoms with van der Waals surface area (Å²) < 4.78 is 5.18. The third-order valence-corrected chi connectivity index (χ3v) is 3.99. The number of piperidine rings is 1. The van der Waals surface area contributed by atoms with Crippen LogP contribution in [0.25, 0.3) is 0 Å². The molecule has 0 aromatic carbocycles. The Morgan fingerprint density at radius 1 is 1.52 bits per heavy atom. The van der Waals surface area contributed by atoms with Crippen LogP contribution in [0.4, 0.5) is 11.8 Å². The molecule has 1 aromatic rings. The maximum Gasteiger partial charge on any atom is 0.226 e. The molecule has 1 N–H and O–H groups in total. The lowest BCUT2D eigenvalue weighted by Crippen LogP contribution is -2.41. The highest BCUT2D eigenvalue weighted by Crippen LogP contribution is 2.19. The van der Waals surface area contributed by atoms with Gasteiger partial charge >= 0.3 is 0 Å². The molecule has 0 saturated carbocycles. The standard InChI is InChI=1S/C15H27N5O/c1-16-14-6-7-17-15(18-14)19(2)11-13-5-4-8-20(12-13)9-10-21-3/h6-7,13H,4-5,8-12H2,1-3H3,(H,16,17,18)/t13-/m0/s1. The molecule has 118 valence electrons. The molecule has 1 fully saturated rings. The molecule has 0 unspecified atom stereocenters. The van der Waals surface area contributed by atoms with Crippen LogP contribution >= 0.6 is 0 Å². The topological polar surface area (TPSA) is 53.5 Å². The van der Waals surface area contributed by atoms with E-state index < -0.39 is 0 Å². The van der Waals surface area contributed by atoms with Crippen LogP contribution < -0.4 is 10.2 Å². The Hall–Kier alpha value is -1.40. The normalized spacial score (nSPS) is 19.5. The highest BCUT2D eigenvalue weighted by molar-refractivity contribution is 5.40. The number of aromatic nitrogens is 2. The summed E-state index contributed by atoms with van der Waals surface area (Å²) in [6.07, 6.45) is 4.34. The Labute approximate surface area is 127 Å². The van der Waals surface area contributed by atoms with Crippen LogP contribution in [0.3, 0.4) is 0 Å². The van der Waals surface area contributed by atoms with Gasteiger partial charge in [-0.1, -0.05) is 0 Å². The molecule has 1 aromatic heterocycles. The van der Waals surface area contributed by atoms with Crippen LogP contribution in [0.1, 0.15) is 12.8 Å². The number of rotatable bonds is 7. The lowest BCUT2D eigenvalue weighted by Gasteiger charge is -2.34. The Morgan fingerprint density at radius 3 is 3.14 bits per heavy atom. The van der Waals surface area contributed by atoms with Crippen molar-refractivity contribution in [2.24, 2.45) is 5.92 Å². The summed E-state index contributed by atoms with van der Waals surface area (Å²) in [6.45, 7) is 5.17. The van der Waals surface area contributed by atoms with E-state index in [9.17, 15) is 0 Å². The summed E-state index contributed by atoms with van der Waals surface area (Å²) in [5.74, 6) is 2.32. The minimum Gasteiger partial charge on any atom is -0.383 e. The highest BCUT2D eigenvalue weighted by atomic mass is 16.5. The summed E-state index contributed by atoms with van der Waals surface area (Å²) in [7, 11) is 5.71. The van der Waals surface area contributed by atoms with Gasteiger partial charge in [0.25, 0.3) is 0 Å². The van der Waals surface area contributed by atoms with E-state index in [1.165, 1.54) is 19.4 Å². The van der Waals surface area contributed by atoms with Gasteiger partial charge in [0.1, 0.15) is 5.82 Å². The molecule has 0 amide bonds. The molecule has 2 heterocycles. The van der Waals surface area contributed by atoms with E-state index in [4.69, 9.17) is 4.74 Å². The Morgan fingerprint density at radius 2 is 2.38 bits per heavy atom. The predicted molar refractivity (Wildman–Crippen MR) is 85.9 cm³/mol. The molecule has 1 aliphatic heterocycles. The Bertz CT molecular complexity index is 428. The van der Waals surface area contributed by atoms with E-state index in [2.05, 4.69) is 32.1 Å². The molecule has 6 nitrogen and oxygen atoms in total. The second-order valence-corrected chi connectivity index (χ2v) is 5.67. The first-order chi connectivity index (χ1) is 10.2. The second kappa shape index (κ2) is 8.14. The highest BCUT2D eigenvalue weighted by Gasteiger charge is 2.21. The number of nitrogens with zero attached hydrogens (tertiary/aromatic N) is 4. The summed E-state index contributed by atoms with van der Waals surface area (Å²) in [4.78, 5) is 13.5. The molecule has 2 rings (SSSR count). The summed E-state index contributed by atoms with van der Waals surface area (Å²) in [5, 5.41) is 3.06. The maximum atomic E-state index is 5.18. The molecule has 1 atom stereocenters. The van der Waals surface area contributed by atoms with Crippen molar-refractivity contribution in [1.82, 2.24) is 14.9 Å². The molecule has 0 aliphatic carbocycles. The summed E-state index contributed by atoms with van der Waals surface area (Å²) in [5.41, 5.74) is 0. The van der Waals surface area contributed by atoms with Gasteiger partial charge < -0.3 is 19.9 Å². The van der Waals surface area contributed by atoms with Crippen molar-refractivity contribution in [2.45, 2.75) is 12.8 Å². The molecule has 0 bridgehead atoms. The van der Waals surface area contributed by atoms with Gasteiger partial charge in [0.15, 0.2) is 0 Å². The first-order valence-electron chi connectivity index (χ1n) is 7.66. The van der Waals surface area contributed by atoms with Crippen LogP contribution in [0.2, 0.25) is 0 Å². The van der Waals surface area contributed by atoms with Gasteiger partial charge in [0.2, 0.25) is 5.95 Å². The van der Waals surface area contributed by atoms with Crippen molar-refractivity contribution in [1.29, 1.82) is 0 Å². The van der Waals surface area contributed by atoms with Crippen LogP contribution in [0, 0.1) is 5.92 Å². The van der Waals surface area contributed by atoms with E-state index in [1.807, 2.05) is 13.1 Å². The molecule has 0 radical (unpaired) electrons. The van der Waals surface area contributed by atoms with Gasteiger partial charge in [-0.25, -0.2) is 4.98 Å². The van der Waals surface area contributed by atoms with Gasteiger partial charge in [-0.3, -0.25) is 0 Å². The zero-order chi connectivity index (χ0) is 15.1. The largest absolute Gasteiger partial charge is 0.383 e. The molecule has 1 aliphatic rings. The number of hydrogen-bond donors (Lipinski definition) is 1. The average molecular weight is 293 g/mol. The van der Waals surface area contributed by atoms with E-state index in [0.717, 1.165) is 38.0 Å². The Balaban J connectivity index is 1.87. The van der Waals surface area contributed by atoms with Crippen molar-refractivity contribution < 1.29 is 4.74 Å². The van der Waals surface area contributed by atoms with Crippen LogP contribution in [0.15, 0.2) is 12.3 Å². The number of ether oxygens (including phenoxy) is 1. The molecule has 1 saturated heterocycles. The van der Waals surface area contributed by atoms with Crippen LogP contribution in [-0.4, -0.2) is 68.9 Å². The number of nitrogens with one attached hydrogen (secondary N) is 1. The van der Waals surface area contributed by atoms with E-state index in [0.29, 0.717) is 5.92 Å². The van der Waals surface area contributed by atoms with Gasteiger partial charge in [-0.15, -0.1) is 0 Å². The fourth-order valence-corrected chi connectivity index (χ4v) is 2.86. The Kier molecular flexibility index (Phi) is 6.20. The van der Waals surface area contributed by atoms with Crippen LogP contribution in [0.5, 0.6) is 0 Å². The van der Waals surface area contributed by atoms with Gasteiger partial charge in [-0.2, -0.15) is 4.98 Å². The van der Waals surface area contributed by atoms with Gasteiger partial charge in [0.05, 0.1) is 6.61 Å². The summed E-state index contributed by atoms with van der Waals surface area (Å²) in [6, 6.07) is 1.88. The lowest BCUT2D eigenvalue weighted by atomic mass is 9.97. The minimum atomic E-state index is 0.669. The lowest BCUT2D eigenvalue weighted by molar-refractivity contribution is 0.116. The molecular formula is C15H27N5O. The SMILES string of the molecule is CNc1ccnc(N(C)C[C@@H]2CCCN(CCOC)C2)n1. The monoisotopic (exact) mass is 293 g/mol. The van der Waals surface area contributed by atoms with E-state index in [-0.39, 0.29) is 0 Å². The maximum absolute atomic E-state index is 5.18. The van der Waals surface area contributed by atoms with Gasteiger partial charge in [-0.05, 0) is 31.4 Å². The fraction of sp³-hybridized carbons (Fsp3) is 0.733. The van der Waals surface area contributed by atoms with E-state index in [1.54, 1.807) is 13.3 Å². The minimum absolute atomic E-state index is 0.669. The van der Waals surface area contributed by atoms with Crippen molar-refractivity contribution in [2.75, 3.05) is 64.2 Å².